The third-order valence-electron chi connectivity index (χ3n) is 4.78. The monoisotopic (exact) mass is 328 g/mol. The second-order valence-electron chi connectivity index (χ2n) is 6.69. The van der Waals surface area contributed by atoms with Crippen LogP contribution in [-0.4, -0.2) is 29.0 Å². The lowest BCUT2D eigenvalue weighted by Gasteiger charge is -2.27. The van der Waals surface area contributed by atoms with Crippen LogP contribution in [0, 0.1) is 0 Å². The summed E-state index contributed by atoms with van der Waals surface area (Å²) in [5, 5.41) is 16.0. The quantitative estimate of drug-likeness (QED) is 0.743. The van der Waals surface area contributed by atoms with Crippen LogP contribution in [0.5, 0.6) is 0 Å². The SMILES string of the molecule is O=C(NC1CCCCC1)C1=C(O)C[C@@H](Cc2ccccc2)NC1=O. The van der Waals surface area contributed by atoms with Crippen LogP contribution in [0.3, 0.4) is 0 Å². The molecule has 0 saturated heterocycles. The number of carbonyl (C=O) groups excluding carboxylic acids is 2. The number of rotatable bonds is 4. The van der Waals surface area contributed by atoms with Crippen molar-refractivity contribution in [2.24, 2.45) is 0 Å². The van der Waals surface area contributed by atoms with Crippen molar-refractivity contribution >= 4 is 11.8 Å². The van der Waals surface area contributed by atoms with Crippen LogP contribution < -0.4 is 10.6 Å². The fourth-order valence-corrected chi connectivity index (χ4v) is 3.54. The average Bonchev–Trinajstić information content (AvgIpc) is 2.56. The molecule has 5 nitrogen and oxygen atoms in total. The Morgan fingerprint density at radius 1 is 1.17 bits per heavy atom. The molecule has 128 valence electrons. The number of benzene rings is 1. The summed E-state index contributed by atoms with van der Waals surface area (Å²) in [4.78, 5) is 24.7. The second kappa shape index (κ2) is 7.51. The van der Waals surface area contributed by atoms with Crippen molar-refractivity contribution in [2.45, 2.75) is 57.0 Å². The maximum atomic E-state index is 12.4. The molecule has 3 rings (SSSR count). The van der Waals surface area contributed by atoms with Crippen molar-refractivity contribution in [3.8, 4) is 0 Å². The van der Waals surface area contributed by atoms with Crippen LogP contribution in [-0.2, 0) is 16.0 Å². The molecular formula is C19H24N2O3. The van der Waals surface area contributed by atoms with E-state index in [0.717, 1.165) is 31.2 Å². The second-order valence-corrected chi connectivity index (χ2v) is 6.69. The summed E-state index contributed by atoms with van der Waals surface area (Å²) in [6.45, 7) is 0. The molecule has 0 aromatic heterocycles. The van der Waals surface area contributed by atoms with Gasteiger partial charge in [-0.2, -0.15) is 0 Å². The number of carbonyl (C=O) groups is 2. The van der Waals surface area contributed by atoms with Crippen molar-refractivity contribution in [1.82, 2.24) is 10.6 Å². The van der Waals surface area contributed by atoms with Gasteiger partial charge in [0.1, 0.15) is 11.3 Å². The Balaban J connectivity index is 1.64. The van der Waals surface area contributed by atoms with E-state index in [-0.39, 0.29) is 29.8 Å². The lowest BCUT2D eigenvalue weighted by Crippen LogP contribution is -2.47. The van der Waals surface area contributed by atoms with E-state index in [1.54, 1.807) is 0 Å². The van der Waals surface area contributed by atoms with Gasteiger partial charge < -0.3 is 15.7 Å². The molecule has 0 unspecified atom stereocenters. The molecule has 1 saturated carbocycles. The van der Waals surface area contributed by atoms with Crippen molar-refractivity contribution in [2.75, 3.05) is 0 Å². The summed E-state index contributed by atoms with van der Waals surface area (Å²) in [5.41, 5.74) is 0.968. The molecule has 1 aliphatic heterocycles. The molecule has 5 heteroatoms. The van der Waals surface area contributed by atoms with Crippen molar-refractivity contribution in [1.29, 1.82) is 0 Å². The highest BCUT2D eigenvalue weighted by molar-refractivity contribution is 6.19. The standard InChI is InChI=1S/C19H24N2O3/c22-16-12-15(11-13-7-3-1-4-8-13)21-19(24)17(16)18(23)20-14-9-5-2-6-10-14/h1,3-4,7-8,14-15,22H,2,5-6,9-12H2,(H,20,23)(H,21,24)/t15-/m1/s1. The minimum absolute atomic E-state index is 0.104. The molecule has 0 spiro atoms. The lowest BCUT2D eigenvalue weighted by molar-refractivity contribution is -0.125. The first kappa shape index (κ1) is 16.6. The van der Waals surface area contributed by atoms with Gasteiger partial charge >= 0.3 is 0 Å². The fraction of sp³-hybridized carbons (Fsp3) is 0.474. The maximum Gasteiger partial charge on any atom is 0.260 e. The summed E-state index contributed by atoms with van der Waals surface area (Å²) in [6, 6.07) is 9.72. The minimum Gasteiger partial charge on any atom is -0.511 e. The van der Waals surface area contributed by atoms with E-state index in [9.17, 15) is 14.7 Å². The molecule has 24 heavy (non-hydrogen) atoms. The molecule has 0 radical (unpaired) electrons. The van der Waals surface area contributed by atoms with Gasteiger partial charge in [0.2, 0.25) is 0 Å². The van der Waals surface area contributed by atoms with Crippen LogP contribution in [0.15, 0.2) is 41.7 Å². The minimum atomic E-state index is -0.479. The Morgan fingerprint density at radius 3 is 2.54 bits per heavy atom. The van der Waals surface area contributed by atoms with Crippen LogP contribution in [0.1, 0.15) is 44.1 Å². The molecule has 1 heterocycles. The molecule has 3 N–H and O–H groups in total. The zero-order chi connectivity index (χ0) is 16.9. The van der Waals surface area contributed by atoms with Gasteiger partial charge in [-0.1, -0.05) is 49.6 Å². The predicted molar refractivity (Wildman–Crippen MR) is 91.4 cm³/mol. The van der Waals surface area contributed by atoms with Gasteiger partial charge in [-0.15, -0.1) is 0 Å². The molecule has 1 fully saturated rings. The number of hydrogen-bond acceptors (Lipinski definition) is 3. The summed E-state index contributed by atoms with van der Waals surface area (Å²) in [6.07, 6.45) is 6.20. The lowest BCUT2D eigenvalue weighted by atomic mass is 9.94. The van der Waals surface area contributed by atoms with Gasteiger partial charge in [-0.25, -0.2) is 0 Å². The first-order valence-electron chi connectivity index (χ1n) is 8.71. The van der Waals surface area contributed by atoms with E-state index >= 15 is 0 Å². The van der Waals surface area contributed by atoms with Crippen LogP contribution >= 0.6 is 0 Å². The summed E-state index contributed by atoms with van der Waals surface area (Å²) in [5.74, 6) is -1.03. The average molecular weight is 328 g/mol. The molecular weight excluding hydrogens is 304 g/mol. The third kappa shape index (κ3) is 3.96. The van der Waals surface area contributed by atoms with Crippen molar-refractivity contribution in [3.05, 3.63) is 47.2 Å². The highest BCUT2D eigenvalue weighted by atomic mass is 16.3. The number of amides is 2. The Hall–Kier alpha value is -2.30. The van der Waals surface area contributed by atoms with E-state index in [2.05, 4.69) is 10.6 Å². The largest absolute Gasteiger partial charge is 0.511 e. The Kier molecular flexibility index (Phi) is 5.18. The zero-order valence-corrected chi connectivity index (χ0v) is 13.8. The predicted octanol–water partition coefficient (Wildman–Crippen LogP) is 2.38. The van der Waals surface area contributed by atoms with Gasteiger partial charge in [-0.05, 0) is 24.8 Å². The van der Waals surface area contributed by atoms with E-state index < -0.39 is 11.8 Å². The normalized spacial score (nSPS) is 22.2. The summed E-state index contributed by atoms with van der Waals surface area (Å²) >= 11 is 0. The molecule has 0 bridgehead atoms. The van der Waals surface area contributed by atoms with Crippen LogP contribution in [0.25, 0.3) is 0 Å². The summed E-state index contributed by atoms with van der Waals surface area (Å²) in [7, 11) is 0. The molecule has 1 aromatic rings. The number of aliphatic hydroxyl groups excluding tert-OH is 1. The molecule has 1 atom stereocenters. The third-order valence-corrected chi connectivity index (χ3v) is 4.78. The number of hydrogen-bond donors (Lipinski definition) is 3. The van der Waals surface area contributed by atoms with E-state index in [4.69, 9.17) is 0 Å². The first-order chi connectivity index (χ1) is 11.6. The Bertz CT molecular complexity index is 633. The fourth-order valence-electron chi connectivity index (χ4n) is 3.54. The van der Waals surface area contributed by atoms with E-state index in [1.165, 1.54) is 6.42 Å². The number of nitrogens with one attached hydrogen (secondary N) is 2. The smallest absolute Gasteiger partial charge is 0.260 e. The van der Waals surface area contributed by atoms with E-state index in [0.29, 0.717) is 6.42 Å². The van der Waals surface area contributed by atoms with Gasteiger partial charge in [0.05, 0.1) is 0 Å². The Labute approximate surface area is 142 Å². The van der Waals surface area contributed by atoms with Gasteiger partial charge in [0, 0.05) is 18.5 Å². The Morgan fingerprint density at radius 2 is 1.88 bits per heavy atom. The van der Waals surface area contributed by atoms with Gasteiger partial charge in [0.25, 0.3) is 11.8 Å². The maximum absolute atomic E-state index is 12.4. The highest BCUT2D eigenvalue weighted by Crippen LogP contribution is 2.21. The first-order valence-corrected chi connectivity index (χ1v) is 8.71. The molecule has 1 aromatic carbocycles. The summed E-state index contributed by atoms with van der Waals surface area (Å²) < 4.78 is 0. The number of aliphatic hydroxyl groups is 1. The molecule has 1 aliphatic carbocycles. The molecule has 2 aliphatic rings. The topological polar surface area (TPSA) is 78.4 Å². The van der Waals surface area contributed by atoms with Gasteiger partial charge in [-0.3, -0.25) is 9.59 Å². The van der Waals surface area contributed by atoms with Crippen molar-refractivity contribution < 1.29 is 14.7 Å². The zero-order valence-electron chi connectivity index (χ0n) is 13.8. The van der Waals surface area contributed by atoms with Crippen LogP contribution in [0.2, 0.25) is 0 Å². The molecule has 2 amide bonds. The van der Waals surface area contributed by atoms with Crippen molar-refractivity contribution in [3.63, 3.8) is 0 Å². The van der Waals surface area contributed by atoms with E-state index in [1.807, 2.05) is 30.3 Å². The van der Waals surface area contributed by atoms with Crippen LogP contribution in [0.4, 0.5) is 0 Å². The van der Waals surface area contributed by atoms with Gasteiger partial charge in [0.15, 0.2) is 0 Å². The highest BCUT2D eigenvalue weighted by Gasteiger charge is 2.32.